The number of hydrogen-bond acceptors (Lipinski definition) is 4. The number of amides is 1. The molecule has 2 rings (SSSR count). The van der Waals surface area contributed by atoms with Gasteiger partial charge in [0.2, 0.25) is 0 Å². The van der Waals surface area contributed by atoms with Crippen LogP contribution in [0.15, 0.2) is 36.7 Å². The molecule has 6 heteroatoms. The van der Waals surface area contributed by atoms with Gasteiger partial charge in [-0.05, 0) is 17.7 Å². The van der Waals surface area contributed by atoms with Gasteiger partial charge in [-0.15, -0.1) is 0 Å². The highest BCUT2D eigenvalue weighted by atomic mass is 35.5. The molecule has 0 atom stereocenters. The Morgan fingerprint density at radius 2 is 1.95 bits per heavy atom. The topological polar surface area (TPSA) is 66.9 Å². The largest absolute Gasteiger partial charge is 0.372 e. The number of hydrogen-bond donors (Lipinski definition) is 2. The Morgan fingerprint density at radius 1 is 1.21 bits per heavy atom. The minimum atomic E-state index is -0.259. The lowest BCUT2D eigenvalue weighted by atomic mass is 10.2. The summed E-state index contributed by atoms with van der Waals surface area (Å²) in [5.41, 5.74) is 1.26. The van der Waals surface area contributed by atoms with Crippen LogP contribution in [0, 0.1) is 0 Å². The van der Waals surface area contributed by atoms with Gasteiger partial charge in [-0.3, -0.25) is 4.79 Å². The molecule has 98 valence electrons. The Hall–Kier alpha value is -2.14. The molecule has 1 aromatic heterocycles. The van der Waals surface area contributed by atoms with Crippen LogP contribution in [-0.2, 0) is 6.54 Å². The summed E-state index contributed by atoms with van der Waals surface area (Å²) in [5.74, 6) is 0.361. The molecule has 19 heavy (non-hydrogen) atoms. The number of nitrogens with zero attached hydrogens (tertiary/aromatic N) is 2. The third-order valence-corrected chi connectivity index (χ3v) is 2.76. The minimum Gasteiger partial charge on any atom is -0.372 e. The summed E-state index contributed by atoms with van der Waals surface area (Å²) in [7, 11) is 1.74. The van der Waals surface area contributed by atoms with Crippen LogP contribution in [0.5, 0.6) is 0 Å². The molecule has 1 amide bonds. The first-order valence-electron chi connectivity index (χ1n) is 5.71. The molecule has 1 aromatic carbocycles. The van der Waals surface area contributed by atoms with Gasteiger partial charge in [0.05, 0.1) is 12.4 Å². The van der Waals surface area contributed by atoms with Crippen LogP contribution in [0.2, 0.25) is 5.02 Å². The summed E-state index contributed by atoms with van der Waals surface area (Å²) >= 11 is 5.79. The van der Waals surface area contributed by atoms with Crippen LogP contribution >= 0.6 is 11.6 Å². The molecule has 0 saturated carbocycles. The van der Waals surface area contributed by atoms with Gasteiger partial charge in [-0.25, -0.2) is 9.97 Å². The summed E-state index contributed by atoms with van der Waals surface area (Å²) in [6.07, 6.45) is 2.94. The normalized spacial score (nSPS) is 10.0. The zero-order valence-corrected chi connectivity index (χ0v) is 11.1. The van der Waals surface area contributed by atoms with Gasteiger partial charge >= 0.3 is 0 Å². The molecule has 1 heterocycles. The fourth-order valence-electron chi connectivity index (χ4n) is 1.45. The smallest absolute Gasteiger partial charge is 0.271 e. The standard InChI is InChI=1S/C13H13ClN4O/c1-15-12-8-16-11(7-17-12)13(19)18-6-9-2-4-10(14)5-3-9/h2-5,7-8H,6H2,1H3,(H,15,17)(H,18,19). The highest BCUT2D eigenvalue weighted by molar-refractivity contribution is 6.30. The van der Waals surface area contributed by atoms with Gasteiger partial charge in [0.15, 0.2) is 0 Å². The molecule has 0 radical (unpaired) electrons. The van der Waals surface area contributed by atoms with Crippen molar-refractivity contribution in [3.05, 3.63) is 52.9 Å². The second kappa shape index (κ2) is 6.15. The molecule has 2 aromatic rings. The second-order valence-electron chi connectivity index (χ2n) is 3.85. The molecular formula is C13H13ClN4O. The zero-order chi connectivity index (χ0) is 13.7. The van der Waals surface area contributed by atoms with E-state index in [1.807, 2.05) is 12.1 Å². The Labute approximate surface area is 116 Å². The molecule has 0 spiro atoms. The Bertz CT molecular complexity index is 554. The summed E-state index contributed by atoms with van der Waals surface area (Å²) in [5, 5.41) is 6.28. The Balaban J connectivity index is 1.95. The summed E-state index contributed by atoms with van der Waals surface area (Å²) in [6.45, 7) is 0.422. The van der Waals surface area contributed by atoms with E-state index in [1.165, 1.54) is 12.4 Å². The van der Waals surface area contributed by atoms with E-state index < -0.39 is 0 Å². The third-order valence-electron chi connectivity index (χ3n) is 2.51. The number of carbonyl (C=O) groups excluding carboxylic acids is 1. The molecule has 0 bridgehead atoms. The van der Waals surface area contributed by atoms with Gasteiger partial charge in [-0.1, -0.05) is 23.7 Å². The first-order valence-corrected chi connectivity index (χ1v) is 6.09. The van der Waals surface area contributed by atoms with E-state index in [9.17, 15) is 4.79 Å². The lowest BCUT2D eigenvalue weighted by Gasteiger charge is -2.05. The molecule has 0 fully saturated rings. The fraction of sp³-hybridized carbons (Fsp3) is 0.154. The molecule has 0 aliphatic heterocycles. The van der Waals surface area contributed by atoms with E-state index in [0.717, 1.165) is 5.56 Å². The SMILES string of the molecule is CNc1cnc(C(=O)NCc2ccc(Cl)cc2)cn1. The van der Waals surface area contributed by atoms with Crippen molar-refractivity contribution in [2.45, 2.75) is 6.54 Å². The summed E-state index contributed by atoms with van der Waals surface area (Å²) in [6, 6.07) is 7.28. The number of nitrogens with one attached hydrogen (secondary N) is 2. The average molecular weight is 277 g/mol. The van der Waals surface area contributed by atoms with E-state index in [4.69, 9.17) is 11.6 Å². The van der Waals surface area contributed by atoms with Crippen LogP contribution in [0.25, 0.3) is 0 Å². The van der Waals surface area contributed by atoms with Crippen molar-refractivity contribution < 1.29 is 4.79 Å². The Kier molecular flexibility index (Phi) is 4.30. The van der Waals surface area contributed by atoms with Crippen molar-refractivity contribution in [1.82, 2.24) is 15.3 Å². The lowest BCUT2D eigenvalue weighted by molar-refractivity contribution is 0.0945. The molecule has 2 N–H and O–H groups in total. The summed E-state index contributed by atoms with van der Waals surface area (Å²) in [4.78, 5) is 19.9. The Morgan fingerprint density at radius 3 is 2.53 bits per heavy atom. The number of rotatable bonds is 4. The summed E-state index contributed by atoms with van der Waals surface area (Å²) < 4.78 is 0. The zero-order valence-electron chi connectivity index (χ0n) is 10.4. The molecular weight excluding hydrogens is 264 g/mol. The van der Waals surface area contributed by atoms with Crippen LogP contribution < -0.4 is 10.6 Å². The maximum Gasteiger partial charge on any atom is 0.271 e. The second-order valence-corrected chi connectivity index (χ2v) is 4.28. The van der Waals surface area contributed by atoms with Crippen molar-refractivity contribution in [3.8, 4) is 0 Å². The minimum absolute atomic E-state index is 0.259. The quantitative estimate of drug-likeness (QED) is 0.897. The van der Waals surface area contributed by atoms with Crippen molar-refractivity contribution in [3.63, 3.8) is 0 Å². The molecule has 0 saturated heterocycles. The molecule has 0 aliphatic carbocycles. The van der Waals surface area contributed by atoms with E-state index in [2.05, 4.69) is 20.6 Å². The van der Waals surface area contributed by atoms with Gasteiger partial charge < -0.3 is 10.6 Å². The predicted octanol–water partition coefficient (Wildman–Crippen LogP) is 2.10. The van der Waals surface area contributed by atoms with Gasteiger partial charge in [0.1, 0.15) is 11.5 Å². The van der Waals surface area contributed by atoms with Crippen molar-refractivity contribution >= 4 is 23.3 Å². The number of benzene rings is 1. The number of aromatic nitrogens is 2. The van der Waals surface area contributed by atoms with Crippen molar-refractivity contribution in [2.75, 3.05) is 12.4 Å². The first kappa shape index (κ1) is 13.3. The van der Waals surface area contributed by atoms with Crippen molar-refractivity contribution in [1.29, 1.82) is 0 Å². The van der Waals surface area contributed by atoms with Gasteiger partial charge in [0.25, 0.3) is 5.91 Å². The fourth-order valence-corrected chi connectivity index (χ4v) is 1.58. The molecule has 0 aliphatic rings. The van der Waals surface area contributed by atoms with E-state index >= 15 is 0 Å². The van der Waals surface area contributed by atoms with Gasteiger partial charge in [-0.2, -0.15) is 0 Å². The van der Waals surface area contributed by atoms with Crippen molar-refractivity contribution in [2.24, 2.45) is 0 Å². The monoisotopic (exact) mass is 276 g/mol. The van der Waals surface area contributed by atoms with Crippen LogP contribution in [0.1, 0.15) is 16.1 Å². The highest BCUT2D eigenvalue weighted by Gasteiger charge is 2.07. The number of anilines is 1. The molecule has 0 unspecified atom stereocenters. The van der Waals surface area contributed by atoms with Gasteiger partial charge in [0, 0.05) is 18.6 Å². The number of carbonyl (C=O) groups is 1. The highest BCUT2D eigenvalue weighted by Crippen LogP contribution is 2.09. The van der Waals surface area contributed by atoms with E-state index in [1.54, 1.807) is 19.2 Å². The predicted molar refractivity (Wildman–Crippen MR) is 74.2 cm³/mol. The van der Waals surface area contributed by atoms with E-state index in [0.29, 0.717) is 17.4 Å². The maximum absolute atomic E-state index is 11.8. The average Bonchev–Trinajstić information content (AvgIpc) is 2.46. The van der Waals surface area contributed by atoms with Crippen LogP contribution in [-0.4, -0.2) is 22.9 Å². The maximum atomic E-state index is 11.8. The van der Waals surface area contributed by atoms with Crippen LogP contribution in [0.3, 0.4) is 0 Å². The third kappa shape index (κ3) is 3.66. The number of halogens is 1. The lowest BCUT2D eigenvalue weighted by Crippen LogP contribution is -2.24. The molecule has 5 nitrogen and oxygen atoms in total. The van der Waals surface area contributed by atoms with E-state index in [-0.39, 0.29) is 11.6 Å². The first-order chi connectivity index (χ1) is 9.19. The van der Waals surface area contributed by atoms with Crippen LogP contribution in [0.4, 0.5) is 5.82 Å².